The second-order valence-corrected chi connectivity index (χ2v) is 4.94. The first kappa shape index (κ1) is 15.3. The third-order valence-electron chi connectivity index (χ3n) is 3.52. The lowest BCUT2D eigenvalue weighted by Gasteiger charge is -2.19. The van der Waals surface area contributed by atoms with E-state index in [4.69, 9.17) is 0 Å². The Balaban J connectivity index is 0.00000161. The fraction of sp³-hybridized carbons (Fsp3) is 0.357. The van der Waals surface area contributed by atoms with Crippen molar-refractivity contribution in [2.45, 2.75) is 25.8 Å². The van der Waals surface area contributed by atoms with Crippen LogP contribution in [0.2, 0.25) is 0 Å². The molecule has 1 aromatic heterocycles. The number of hydrogen-bond donors (Lipinski definition) is 2. The predicted octanol–water partition coefficient (Wildman–Crippen LogP) is 2.26. The number of nitrogens with zero attached hydrogens (tertiary/aromatic N) is 3. The molecule has 1 aliphatic rings. The maximum atomic E-state index is 12.2. The van der Waals surface area contributed by atoms with Crippen LogP contribution in [0.5, 0.6) is 0 Å². The number of nitrogens with one attached hydrogen (secondary N) is 2. The lowest BCUT2D eigenvalue weighted by atomic mass is 10.0. The number of fused-ring (bicyclic) bond motifs is 1. The predicted molar refractivity (Wildman–Crippen MR) is 83.9 cm³/mol. The topological polar surface area (TPSA) is 71.8 Å². The number of hydrogen-bond acceptors (Lipinski definition) is 4. The van der Waals surface area contributed by atoms with Crippen molar-refractivity contribution < 1.29 is 4.79 Å². The molecule has 1 amide bonds. The Kier molecular flexibility index (Phi) is 4.80. The first-order chi connectivity index (χ1) is 9.74. The Morgan fingerprint density at radius 1 is 1.48 bits per heavy atom. The first-order valence-corrected chi connectivity index (χ1v) is 6.76. The molecule has 0 bridgehead atoms. The van der Waals surface area contributed by atoms with Gasteiger partial charge in [-0.25, -0.2) is 9.67 Å². The molecule has 1 unspecified atom stereocenters. The molecule has 0 radical (unpaired) electrons. The number of carbonyl (C=O) groups is 1. The van der Waals surface area contributed by atoms with Crippen molar-refractivity contribution in [2.75, 3.05) is 17.2 Å². The van der Waals surface area contributed by atoms with Gasteiger partial charge in [0.15, 0.2) is 0 Å². The van der Waals surface area contributed by atoms with E-state index in [0.717, 1.165) is 25.1 Å². The molecule has 0 saturated carbocycles. The molecule has 0 fully saturated rings. The maximum Gasteiger partial charge on any atom is 0.249 e. The molecule has 21 heavy (non-hydrogen) atoms. The summed E-state index contributed by atoms with van der Waals surface area (Å²) >= 11 is 0. The van der Waals surface area contributed by atoms with Gasteiger partial charge in [0.2, 0.25) is 5.91 Å². The lowest BCUT2D eigenvalue weighted by Crippen LogP contribution is -2.24. The third-order valence-corrected chi connectivity index (χ3v) is 3.52. The number of carbonyl (C=O) groups excluding carboxylic acids is 1. The molecule has 2 heterocycles. The number of anilines is 2. The van der Waals surface area contributed by atoms with Gasteiger partial charge in [-0.1, -0.05) is 0 Å². The summed E-state index contributed by atoms with van der Waals surface area (Å²) in [6, 6.07) is 5.59. The molecule has 2 aromatic rings. The van der Waals surface area contributed by atoms with E-state index >= 15 is 0 Å². The smallest absolute Gasteiger partial charge is 0.249 e. The van der Waals surface area contributed by atoms with Crippen molar-refractivity contribution >= 4 is 29.7 Å². The Labute approximate surface area is 129 Å². The van der Waals surface area contributed by atoms with Crippen LogP contribution in [-0.2, 0) is 11.2 Å². The van der Waals surface area contributed by atoms with Gasteiger partial charge in [-0.05, 0) is 43.5 Å². The Hall–Kier alpha value is -2.08. The van der Waals surface area contributed by atoms with E-state index in [2.05, 4.69) is 20.7 Å². The van der Waals surface area contributed by atoms with Gasteiger partial charge in [0.05, 0.1) is 0 Å². The number of rotatable bonds is 3. The number of amides is 1. The zero-order valence-electron chi connectivity index (χ0n) is 11.7. The largest absolute Gasteiger partial charge is 0.385 e. The highest BCUT2D eigenvalue weighted by Crippen LogP contribution is 2.25. The molecular formula is C14H18ClN5O. The molecule has 1 aliphatic heterocycles. The number of aromatic nitrogens is 3. The molecule has 112 valence electrons. The summed E-state index contributed by atoms with van der Waals surface area (Å²) in [7, 11) is 0. The van der Waals surface area contributed by atoms with Crippen molar-refractivity contribution in [3.8, 4) is 0 Å². The fourth-order valence-electron chi connectivity index (χ4n) is 2.34. The Bertz CT molecular complexity index is 614. The van der Waals surface area contributed by atoms with Gasteiger partial charge < -0.3 is 10.6 Å². The summed E-state index contributed by atoms with van der Waals surface area (Å²) in [5.41, 5.74) is 3.24. The van der Waals surface area contributed by atoms with E-state index in [9.17, 15) is 4.79 Å². The molecule has 1 aromatic carbocycles. The molecular weight excluding hydrogens is 290 g/mol. The first-order valence-electron chi connectivity index (χ1n) is 6.76. The lowest BCUT2D eigenvalue weighted by molar-refractivity contribution is -0.119. The van der Waals surface area contributed by atoms with Crippen LogP contribution in [0.15, 0.2) is 30.9 Å². The van der Waals surface area contributed by atoms with Gasteiger partial charge in [0.1, 0.15) is 18.7 Å². The Morgan fingerprint density at radius 3 is 3.10 bits per heavy atom. The summed E-state index contributed by atoms with van der Waals surface area (Å²) in [5.74, 6) is -0.0979. The van der Waals surface area contributed by atoms with E-state index in [1.165, 1.54) is 22.3 Å². The molecule has 6 nitrogen and oxygen atoms in total. The van der Waals surface area contributed by atoms with Crippen LogP contribution >= 0.6 is 12.4 Å². The Morgan fingerprint density at radius 2 is 2.33 bits per heavy atom. The van der Waals surface area contributed by atoms with Gasteiger partial charge in [-0.2, -0.15) is 5.10 Å². The summed E-state index contributed by atoms with van der Waals surface area (Å²) in [5, 5.41) is 10.3. The molecule has 0 spiro atoms. The van der Waals surface area contributed by atoms with Crippen molar-refractivity contribution in [2.24, 2.45) is 0 Å². The molecule has 1 atom stereocenters. The number of benzene rings is 1. The third kappa shape index (κ3) is 3.33. The number of aryl methyl sites for hydroxylation is 1. The molecule has 2 N–H and O–H groups in total. The van der Waals surface area contributed by atoms with Crippen molar-refractivity contribution in [1.82, 2.24) is 14.8 Å². The van der Waals surface area contributed by atoms with Crippen LogP contribution in [0, 0.1) is 0 Å². The zero-order chi connectivity index (χ0) is 13.9. The minimum atomic E-state index is -0.383. The average Bonchev–Trinajstić information content (AvgIpc) is 3.00. The van der Waals surface area contributed by atoms with E-state index in [1.807, 2.05) is 18.2 Å². The minimum Gasteiger partial charge on any atom is -0.385 e. The monoisotopic (exact) mass is 307 g/mol. The summed E-state index contributed by atoms with van der Waals surface area (Å²) in [6.45, 7) is 2.81. The van der Waals surface area contributed by atoms with Crippen LogP contribution in [0.3, 0.4) is 0 Å². The van der Waals surface area contributed by atoms with Gasteiger partial charge >= 0.3 is 0 Å². The van der Waals surface area contributed by atoms with E-state index < -0.39 is 0 Å². The second-order valence-electron chi connectivity index (χ2n) is 4.94. The van der Waals surface area contributed by atoms with Crippen LogP contribution in [0.1, 0.15) is 24.9 Å². The highest BCUT2D eigenvalue weighted by molar-refractivity contribution is 5.93. The van der Waals surface area contributed by atoms with Crippen LogP contribution in [-0.4, -0.2) is 27.2 Å². The SMILES string of the molecule is CC(C(=O)Nc1ccc2c(c1)CCCN2)n1cncn1.Cl. The van der Waals surface area contributed by atoms with Gasteiger partial charge in [0.25, 0.3) is 0 Å². The van der Waals surface area contributed by atoms with Crippen LogP contribution in [0.25, 0.3) is 0 Å². The fourth-order valence-corrected chi connectivity index (χ4v) is 2.34. The van der Waals surface area contributed by atoms with Gasteiger partial charge in [0, 0.05) is 17.9 Å². The molecule has 0 aliphatic carbocycles. The standard InChI is InChI=1S/C14H17N5O.ClH/c1-10(19-9-15-8-17-19)14(20)18-12-4-5-13-11(7-12)3-2-6-16-13;/h4-5,7-10,16H,2-3,6H2,1H3,(H,18,20);1H. The van der Waals surface area contributed by atoms with E-state index in [-0.39, 0.29) is 24.4 Å². The normalized spacial score (nSPS) is 14.3. The summed E-state index contributed by atoms with van der Waals surface area (Å²) in [6.07, 6.45) is 5.14. The van der Waals surface area contributed by atoms with Gasteiger partial charge in [-0.15, -0.1) is 12.4 Å². The minimum absolute atomic E-state index is 0. The van der Waals surface area contributed by atoms with E-state index in [1.54, 1.807) is 13.3 Å². The highest BCUT2D eigenvalue weighted by atomic mass is 35.5. The molecule has 7 heteroatoms. The van der Waals surface area contributed by atoms with Crippen molar-refractivity contribution in [3.05, 3.63) is 36.4 Å². The van der Waals surface area contributed by atoms with Crippen molar-refractivity contribution in [1.29, 1.82) is 0 Å². The molecule has 3 rings (SSSR count). The maximum absolute atomic E-state index is 12.2. The zero-order valence-corrected chi connectivity index (χ0v) is 12.6. The quantitative estimate of drug-likeness (QED) is 0.912. The van der Waals surface area contributed by atoms with Gasteiger partial charge in [-0.3, -0.25) is 4.79 Å². The van der Waals surface area contributed by atoms with Crippen LogP contribution in [0.4, 0.5) is 11.4 Å². The average molecular weight is 308 g/mol. The second kappa shape index (κ2) is 6.58. The number of halogens is 1. The summed E-state index contributed by atoms with van der Waals surface area (Å²) in [4.78, 5) is 16.0. The van der Waals surface area contributed by atoms with Crippen molar-refractivity contribution in [3.63, 3.8) is 0 Å². The molecule has 0 saturated heterocycles. The van der Waals surface area contributed by atoms with Crippen LogP contribution < -0.4 is 10.6 Å². The highest BCUT2D eigenvalue weighted by Gasteiger charge is 2.16. The summed E-state index contributed by atoms with van der Waals surface area (Å²) < 4.78 is 1.54. The van der Waals surface area contributed by atoms with E-state index in [0.29, 0.717) is 0 Å².